The molecular weight excluding hydrogens is 138 g/mol. The van der Waals surface area contributed by atoms with Crippen LogP contribution in [0.15, 0.2) is 10.8 Å². The highest BCUT2D eigenvalue weighted by molar-refractivity contribution is 7.24. The third-order valence-corrected chi connectivity index (χ3v) is 3.19. The van der Waals surface area contributed by atoms with Gasteiger partial charge >= 0.3 is 3.98 Å². The van der Waals surface area contributed by atoms with Gasteiger partial charge in [0.15, 0.2) is 0 Å². The first kappa shape index (κ1) is 5.98. The van der Waals surface area contributed by atoms with Crippen molar-refractivity contribution in [2.75, 3.05) is 14.1 Å². The van der Waals surface area contributed by atoms with Gasteiger partial charge in [-0.15, -0.1) is 0 Å². The first-order valence-electron chi connectivity index (χ1n) is 2.33. The Kier molecular flexibility index (Phi) is 1.81. The molecule has 0 atom stereocenters. The normalized spacial score (nSPS) is 9.25. The summed E-state index contributed by atoms with van der Waals surface area (Å²) in [6, 6.07) is 0. The second-order valence-electron chi connectivity index (χ2n) is 1.67. The third-order valence-electron chi connectivity index (χ3n) is 0.758. The van der Waals surface area contributed by atoms with E-state index in [1.807, 2.05) is 0 Å². The van der Waals surface area contributed by atoms with Gasteiger partial charge in [-0.05, 0) is 0 Å². The topological polar surface area (TPSA) is 3.01 Å². The van der Waals surface area contributed by atoms with E-state index in [0.717, 1.165) is 0 Å². The summed E-state index contributed by atoms with van der Waals surface area (Å²) in [5.41, 5.74) is 0. The van der Waals surface area contributed by atoms with E-state index >= 15 is 0 Å². The summed E-state index contributed by atoms with van der Waals surface area (Å²) >= 11 is 3.55. The molecule has 0 fully saturated rings. The van der Waals surface area contributed by atoms with Gasteiger partial charge < -0.3 is 0 Å². The van der Waals surface area contributed by atoms with Crippen LogP contribution in [0.4, 0.5) is 0 Å². The highest BCUT2D eigenvalue weighted by atomic mass is 32.2. The molecule has 0 saturated heterocycles. The van der Waals surface area contributed by atoms with Gasteiger partial charge in [0, 0.05) is 10.8 Å². The summed E-state index contributed by atoms with van der Waals surface area (Å²) < 4.78 is 3.47. The number of rotatable bonds is 0. The second kappa shape index (κ2) is 2.42. The first-order valence-corrected chi connectivity index (χ1v) is 4.09. The fraction of sp³-hybridized carbons (Fsp3) is 0.400. The molecule has 1 aromatic rings. The van der Waals surface area contributed by atoms with E-state index in [1.54, 1.807) is 22.7 Å². The van der Waals surface area contributed by atoms with Crippen LogP contribution in [-0.4, -0.2) is 14.1 Å². The molecule has 0 aliphatic heterocycles. The van der Waals surface area contributed by atoms with Crippen molar-refractivity contribution in [1.29, 1.82) is 0 Å². The zero-order chi connectivity index (χ0) is 5.98. The molecule has 0 amide bonds. The van der Waals surface area contributed by atoms with Crippen molar-refractivity contribution in [3.05, 3.63) is 14.7 Å². The minimum Gasteiger partial charge on any atom is -0.217 e. The third kappa shape index (κ3) is 1.17. The smallest absolute Gasteiger partial charge is 0.217 e. The Morgan fingerprint density at radius 2 is 1.75 bits per heavy atom. The molecule has 0 unspecified atom stereocenters. The van der Waals surface area contributed by atoms with Crippen LogP contribution in [0, 0.1) is 0 Å². The molecule has 0 radical (unpaired) electrons. The lowest BCUT2D eigenvalue weighted by Gasteiger charge is -1.74. The Labute approximate surface area is 56.6 Å². The van der Waals surface area contributed by atoms with Crippen LogP contribution in [0.25, 0.3) is 0 Å². The van der Waals surface area contributed by atoms with E-state index in [9.17, 15) is 0 Å². The Balaban J connectivity index is 3.28. The predicted octanol–water partition coefficient (Wildman–Crippen LogP) is 0.841. The molecule has 0 bridgehead atoms. The SMILES string of the molecule is C[N+](C)=c1sccs1. The molecule has 0 aliphatic carbocycles. The quantitative estimate of drug-likeness (QED) is 0.477. The molecule has 1 rings (SSSR count). The van der Waals surface area contributed by atoms with Crippen LogP contribution < -0.4 is 8.56 Å². The van der Waals surface area contributed by atoms with Crippen LogP contribution in [0.1, 0.15) is 0 Å². The van der Waals surface area contributed by atoms with Crippen LogP contribution in [0.3, 0.4) is 0 Å². The van der Waals surface area contributed by atoms with Gasteiger partial charge in [-0.1, -0.05) is 22.7 Å². The lowest BCUT2D eigenvalue weighted by molar-refractivity contribution is 0.844. The van der Waals surface area contributed by atoms with E-state index in [0.29, 0.717) is 0 Å². The summed E-state index contributed by atoms with van der Waals surface area (Å²) in [4.78, 5) is 0. The van der Waals surface area contributed by atoms with Crippen molar-refractivity contribution in [3.8, 4) is 0 Å². The van der Waals surface area contributed by atoms with Crippen molar-refractivity contribution in [2.45, 2.75) is 0 Å². The molecular formula is C5H8NS2+. The van der Waals surface area contributed by atoms with Crippen LogP contribution in [0.5, 0.6) is 0 Å². The maximum Gasteiger partial charge on any atom is 0.313 e. The standard InChI is InChI=1S/C5H8NS2/c1-6(2)5-7-3-4-8-5/h3-4H,1-2H3/q+1. The lowest BCUT2D eigenvalue weighted by atomic mass is 11.1. The molecule has 0 aromatic carbocycles. The van der Waals surface area contributed by atoms with Crippen LogP contribution in [0.2, 0.25) is 0 Å². The van der Waals surface area contributed by atoms with Gasteiger partial charge in [-0.2, -0.15) is 0 Å². The highest BCUT2D eigenvalue weighted by Crippen LogP contribution is 1.91. The average molecular weight is 146 g/mol. The average Bonchev–Trinajstić information content (AvgIpc) is 2.12. The summed E-state index contributed by atoms with van der Waals surface area (Å²) in [6.45, 7) is 0. The Morgan fingerprint density at radius 3 is 2.00 bits per heavy atom. The molecule has 44 valence electrons. The molecule has 1 heterocycles. The van der Waals surface area contributed by atoms with Gasteiger partial charge in [-0.3, -0.25) is 0 Å². The maximum atomic E-state index is 2.12. The zero-order valence-electron chi connectivity index (χ0n) is 4.92. The van der Waals surface area contributed by atoms with E-state index in [4.69, 9.17) is 0 Å². The molecule has 0 saturated carbocycles. The summed E-state index contributed by atoms with van der Waals surface area (Å²) in [5.74, 6) is 0. The number of hydrogen-bond acceptors (Lipinski definition) is 2. The van der Waals surface area contributed by atoms with Crippen molar-refractivity contribution < 1.29 is 0 Å². The monoisotopic (exact) mass is 146 g/mol. The summed E-state index contributed by atoms with van der Waals surface area (Å²) in [7, 11) is 4.12. The van der Waals surface area contributed by atoms with Crippen LogP contribution >= 0.6 is 22.7 Å². The highest BCUT2D eigenvalue weighted by Gasteiger charge is 1.88. The van der Waals surface area contributed by atoms with Crippen molar-refractivity contribution in [2.24, 2.45) is 0 Å². The van der Waals surface area contributed by atoms with E-state index < -0.39 is 0 Å². The van der Waals surface area contributed by atoms with E-state index in [1.165, 1.54) is 3.98 Å². The summed E-state index contributed by atoms with van der Waals surface area (Å²) in [5, 5.41) is 4.19. The van der Waals surface area contributed by atoms with Gasteiger partial charge in [0.25, 0.3) is 0 Å². The minimum atomic E-state index is 1.35. The second-order valence-corrected chi connectivity index (χ2v) is 3.72. The van der Waals surface area contributed by atoms with Crippen molar-refractivity contribution in [3.63, 3.8) is 0 Å². The Morgan fingerprint density at radius 1 is 1.25 bits per heavy atom. The maximum absolute atomic E-state index is 2.12. The molecule has 0 aliphatic rings. The molecule has 3 heteroatoms. The Hall–Kier alpha value is -0.150. The zero-order valence-corrected chi connectivity index (χ0v) is 6.55. The fourth-order valence-electron chi connectivity index (χ4n) is 0.411. The van der Waals surface area contributed by atoms with Gasteiger partial charge in [-0.25, -0.2) is 4.58 Å². The molecule has 1 aromatic heterocycles. The number of nitrogens with zero attached hydrogens (tertiary/aromatic N) is 1. The van der Waals surface area contributed by atoms with Gasteiger partial charge in [0.05, 0.1) is 0 Å². The number of hydrogen-bond donors (Lipinski definition) is 0. The molecule has 0 N–H and O–H groups in total. The molecule has 1 nitrogen and oxygen atoms in total. The van der Waals surface area contributed by atoms with Crippen molar-refractivity contribution in [1.82, 2.24) is 4.58 Å². The van der Waals surface area contributed by atoms with Crippen LogP contribution in [-0.2, 0) is 0 Å². The van der Waals surface area contributed by atoms with E-state index in [-0.39, 0.29) is 0 Å². The summed E-state index contributed by atoms with van der Waals surface area (Å²) in [6.07, 6.45) is 0. The van der Waals surface area contributed by atoms with Gasteiger partial charge in [0.1, 0.15) is 14.1 Å². The predicted molar refractivity (Wildman–Crippen MR) is 39.3 cm³/mol. The molecule has 0 spiro atoms. The fourth-order valence-corrected chi connectivity index (χ4v) is 2.07. The van der Waals surface area contributed by atoms with Crippen molar-refractivity contribution >= 4 is 22.7 Å². The lowest BCUT2D eigenvalue weighted by Crippen LogP contribution is -2.14. The molecule has 8 heavy (non-hydrogen) atoms. The first-order chi connectivity index (χ1) is 3.80. The van der Waals surface area contributed by atoms with Gasteiger partial charge in [0.2, 0.25) is 0 Å². The Bertz CT molecular complexity index is 200. The minimum absolute atomic E-state index is 1.35. The largest absolute Gasteiger partial charge is 0.313 e. The van der Waals surface area contributed by atoms with E-state index in [2.05, 4.69) is 29.4 Å².